The van der Waals surface area contributed by atoms with Crippen molar-refractivity contribution in [3.8, 4) is 5.75 Å². The average Bonchev–Trinajstić information content (AvgIpc) is 2.22. The highest BCUT2D eigenvalue weighted by Gasteiger charge is 2.18. The third-order valence-corrected chi connectivity index (χ3v) is 2.78. The summed E-state index contributed by atoms with van der Waals surface area (Å²) in [5, 5.41) is 0.262. The van der Waals surface area contributed by atoms with Gasteiger partial charge in [-0.2, -0.15) is 0 Å². The molecular formula is C10H10BrClO3. The van der Waals surface area contributed by atoms with Gasteiger partial charge in [0.15, 0.2) is 0 Å². The molecule has 0 aliphatic carbocycles. The SMILES string of the molecule is CCOc1ccc(Br)c(C(=O)OC)c1Cl. The van der Waals surface area contributed by atoms with Gasteiger partial charge in [-0.3, -0.25) is 0 Å². The first-order valence-electron chi connectivity index (χ1n) is 4.31. The van der Waals surface area contributed by atoms with Gasteiger partial charge in [0.1, 0.15) is 5.75 Å². The van der Waals surface area contributed by atoms with Crippen LogP contribution in [0.5, 0.6) is 5.75 Å². The lowest BCUT2D eigenvalue weighted by Crippen LogP contribution is -2.05. The molecule has 0 saturated carbocycles. The van der Waals surface area contributed by atoms with Gasteiger partial charge in [-0.1, -0.05) is 11.6 Å². The number of hydrogen-bond donors (Lipinski definition) is 0. The van der Waals surface area contributed by atoms with Crippen LogP contribution in [0.4, 0.5) is 0 Å². The third-order valence-electron chi connectivity index (χ3n) is 1.75. The monoisotopic (exact) mass is 292 g/mol. The molecule has 1 aromatic rings. The van der Waals surface area contributed by atoms with Crippen LogP contribution in [0.25, 0.3) is 0 Å². The highest BCUT2D eigenvalue weighted by Crippen LogP contribution is 2.33. The summed E-state index contributed by atoms with van der Waals surface area (Å²) >= 11 is 9.24. The number of ether oxygens (including phenoxy) is 2. The standard InChI is InChI=1S/C10H10BrClO3/c1-3-15-7-5-4-6(11)8(9(7)12)10(13)14-2/h4-5H,3H2,1-2H3. The van der Waals surface area contributed by atoms with E-state index in [1.54, 1.807) is 12.1 Å². The van der Waals surface area contributed by atoms with Crippen molar-refractivity contribution >= 4 is 33.5 Å². The minimum absolute atomic E-state index is 0.262. The smallest absolute Gasteiger partial charge is 0.340 e. The number of benzene rings is 1. The molecule has 1 aromatic carbocycles. The number of halogens is 2. The van der Waals surface area contributed by atoms with Crippen LogP contribution in [-0.2, 0) is 4.74 Å². The second-order valence-electron chi connectivity index (χ2n) is 2.66. The first kappa shape index (κ1) is 12.3. The maximum absolute atomic E-state index is 11.4. The Hall–Kier alpha value is -0.740. The number of methoxy groups -OCH3 is 1. The van der Waals surface area contributed by atoms with Crippen LogP contribution in [0.2, 0.25) is 5.02 Å². The van der Waals surface area contributed by atoms with Crippen molar-refractivity contribution in [3.63, 3.8) is 0 Å². The molecule has 0 amide bonds. The van der Waals surface area contributed by atoms with Crippen molar-refractivity contribution < 1.29 is 14.3 Å². The maximum atomic E-state index is 11.4. The molecule has 0 aliphatic heterocycles. The van der Waals surface area contributed by atoms with E-state index in [0.29, 0.717) is 16.8 Å². The normalized spacial score (nSPS) is 9.87. The lowest BCUT2D eigenvalue weighted by molar-refractivity contribution is 0.0599. The van der Waals surface area contributed by atoms with Gasteiger partial charge in [0, 0.05) is 4.47 Å². The fourth-order valence-electron chi connectivity index (χ4n) is 1.09. The van der Waals surface area contributed by atoms with Crippen LogP contribution in [0.15, 0.2) is 16.6 Å². The summed E-state index contributed by atoms with van der Waals surface area (Å²) in [6, 6.07) is 3.39. The molecule has 0 aliphatic rings. The van der Waals surface area contributed by atoms with Crippen LogP contribution in [0.1, 0.15) is 17.3 Å². The predicted octanol–water partition coefficient (Wildman–Crippen LogP) is 3.29. The summed E-state index contributed by atoms with van der Waals surface area (Å²) in [5.74, 6) is -0.0174. The minimum atomic E-state index is -0.492. The van der Waals surface area contributed by atoms with E-state index in [2.05, 4.69) is 20.7 Å². The Morgan fingerprint density at radius 2 is 2.20 bits per heavy atom. The summed E-state index contributed by atoms with van der Waals surface area (Å²) in [6.45, 7) is 2.33. The molecule has 3 nitrogen and oxygen atoms in total. The van der Waals surface area contributed by atoms with Gasteiger partial charge in [-0.05, 0) is 35.0 Å². The zero-order valence-corrected chi connectivity index (χ0v) is 10.7. The van der Waals surface area contributed by atoms with Crippen molar-refractivity contribution in [2.45, 2.75) is 6.92 Å². The number of carbonyl (C=O) groups is 1. The van der Waals surface area contributed by atoms with E-state index in [4.69, 9.17) is 16.3 Å². The Labute approximate surface area is 101 Å². The maximum Gasteiger partial charge on any atom is 0.340 e. The molecule has 0 fully saturated rings. The second-order valence-corrected chi connectivity index (χ2v) is 3.89. The highest BCUT2D eigenvalue weighted by molar-refractivity contribution is 9.10. The largest absolute Gasteiger partial charge is 0.492 e. The molecule has 0 bridgehead atoms. The Morgan fingerprint density at radius 3 is 2.73 bits per heavy atom. The Morgan fingerprint density at radius 1 is 1.53 bits per heavy atom. The first-order valence-corrected chi connectivity index (χ1v) is 5.48. The van der Waals surface area contributed by atoms with E-state index in [9.17, 15) is 4.79 Å². The number of rotatable bonds is 3. The quantitative estimate of drug-likeness (QED) is 0.802. The summed E-state index contributed by atoms with van der Waals surface area (Å²) in [5.41, 5.74) is 0.283. The van der Waals surface area contributed by atoms with E-state index < -0.39 is 5.97 Å². The zero-order valence-electron chi connectivity index (χ0n) is 8.34. The van der Waals surface area contributed by atoms with Gasteiger partial charge in [-0.25, -0.2) is 4.79 Å². The van der Waals surface area contributed by atoms with Crippen LogP contribution >= 0.6 is 27.5 Å². The van der Waals surface area contributed by atoms with E-state index in [1.807, 2.05) is 6.92 Å². The van der Waals surface area contributed by atoms with Crippen molar-refractivity contribution in [3.05, 3.63) is 27.2 Å². The van der Waals surface area contributed by atoms with Crippen molar-refractivity contribution in [2.24, 2.45) is 0 Å². The second kappa shape index (κ2) is 5.37. The molecule has 5 heteroatoms. The third kappa shape index (κ3) is 2.63. The Bertz CT molecular complexity index is 379. The first-order chi connectivity index (χ1) is 7.11. The summed E-state index contributed by atoms with van der Waals surface area (Å²) in [4.78, 5) is 11.4. The van der Waals surface area contributed by atoms with Crippen LogP contribution < -0.4 is 4.74 Å². The van der Waals surface area contributed by atoms with Gasteiger partial charge in [-0.15, -0.1) is 0 Å². The highest BCUT2D eigenvalue weighted by atomic mass is 79.9. The molecule has 0 N–H and O–H groups in total. The van der Waals surface area contributed by atoms with Crippen LogP contribution in [0.3, 0.4) is 0 Å². The minimum Gasteiger partial charge on any atom is -0.492 e. The predicted molar refractivity (Wildman–Crippen MR) is 61.7 cm³/mol. The summed E-state index contributed by atoms with van der Waals surface area (Å²) < 4.78 is 10.5. The molecule has 82 valence electrons. The van der Waals surface area contributed by atoms with E-state index in [-0.39, 0.29) is 10.6 Å². The molecule has 1 rings (SSSR count). The van der Waals surface area contributed by atoms with Gasteiger partial charge >= 0.3 is 5.97 Å². The number of esters is 1. The van der Waals surface area contributed by atoms with E-state index in [0.717, 1.165) is 0 Å². The lowest BCUT2D eigenvalue weighted by atomic mass is 10.2. The van der Waals surface area contributed by atoms with Gasteiger partial charge in [0.05, 0.1) is 24.3 Å². The molecule has 15 heavy (non-hydrogen) atoms. The van der Waals surface area contributed by atoms with E-state index >= 15 is 0 Å². The summed E-state index contributed by atoms with van der Waals surface area (Å²) in [7, 11) is 1.30. The number of carbonyl (C=O) groups excluding carboxylic acids is 1. The Kier molecular flexibility index (Phi) is 4.42. The average molecular weight is 294 g/mol. The lowest BCUT2D eigenvalue weighted by Gasteiger charge is -2.10. The van der Waals surface area contributed by atoms with Crippen LogP contribution in [0, 0.1) is 0 Å². The molecule has 0 unspecified atom stereocenters. The molecule has 0 aromatic heterocycles. The molecule has 0 saturated heterocycles. The molecule has 0 atom stereocenters. The topological polar surface area (TPSA) is 35.5 Å². The molecular weight excluding hydrogens is 283 g/mol. The Balaban J connectivity index is 3.23. The summed E-state index contributed by atoms with van der Waals surface area (Å²) in [6.07, 6.45) is 0. The molecule has 0 heterocycles. The fourth-order valence-corrected chi connectivity index (χ4v) is 1.99. The van der Waals surface area contributed by atoms with Crippen molar-refractivity contribution in [1.29, 1.82) is 0 Å². The van der Waals surface area contributed by atoms with Crippen molar-refractivity contribution in [1.82, 2.24) is 0 Å². The van der Waals surface area contributed by atoms with E-state index in [1.165, 1.54) is 7.11 Å². The fraction of sp³-hybridized carbons (Fsp3) is 0.300. The van der Waals surface area contributed by atoms with Crippen molar-refractivity contribution in [2.75, 3.05) is 13.7 Å². The number of hydrogen-bond acceptors (Lipinski definition) is 3. The van der Waals surface area contributed by atoms with Gasteiger partial charge < -0.3 is 9.47 Å². The zero-order chi connectivity index (χ0) is 11.4. The molecule has 0 radical (unpaired) electrons. The van der Waals surface area contributed by atoms with Gasteiger partial charge in [0.2, 0.25) is 0 Å². The van der Waals surface area contributed by atoms with Crippen LogP contribution in [-0.4, -0.2) is 19.7 Å². The van der Waals surface area contributed by atoms with Gasteiger partial charge in [0.25, 0.3) is 0 Å². The molecule has 0 spiro atoms.